The highest BCUT2D eigenvalue weighted by atomic mass is 19.1. The van der Waals surface area contributed by atoms with Crippen molar-refractivity contribution in [1.29, 1.82) is 0 Å². The number of carbonyl (C=O) groups is 2. The van der Waals surface area contributed by atoms with Crippen molar-refractivity contribution in [2.75, 3.05) is 13.1 Å². The van der Waals surface area contributed by atoms with E-state index < -0.39 is 17.7 Å². The van der Waals surface area contributed by atoms with E-state index in [1.807, 2.05) is 6.92 Å². The zero-order valence-corrected chi connectivity index (χ0v) is 10.9. The number of benzene rings is 1. The maximum absolute atomic E-state index is 13.2. The van der Waals surface area contributed by atoms with Gasteiger partial charge in [-0.15, -0.1) is 0 Å². The van der Waals surface area contributed by atoms with Gasteiger partial charge in [-0.1, -0.05) is 13.0 Å². The lowest BCUT2D eigenvalue weighted by Gasteiger charge is -2.17. The van der Waals surface area contributed by atoms with Gasteiger partial charge in [-0.3, -0.25) is 9.59 Å². The average molecular weight is 265 g/mol. The van der Waals surface area contributed by atoms with Gasteiger partial charge in [0.05, 0.1) is 5.92 Å². The molecule has 0 saturated carbocycles. The van der Waals surface area contributed by atoms with Gasteiger partial charge < -0.3 is 10.0 Å². The molecule has 0 aliphatic carbocycles. The number of carboxylic acid groups (broad SMARTS) is 1. The Morgan fingerprint density at radius 3 is 2.63 bits per heavy atom. The second-order valence-electron chi connectivity index (χ2n) is 5.09. The smallest absolute Gasteiger partial charge is 0.308 e. The molecule has 0 aromatic heterocycles. The van der Waals surface area contributed by atoms with Crippen LogP contribution in [0.25, 0.3) is 0 Å². The van der Waals surface area contributed by atoms with E-state index >= 15 is 0 Å². The van der Waals surface area contributed by atoms with E-state index in [-0.39, 0.29) is 18.4 Å². The van der Waals surface area contributed by atoms with Crippen LogP contribution in [0.4, 0.5) is 4.39 Å². The molecule has 1 N–H and O–H groups in total. The van der Waals surface area contributed by atoms with E-state index in [1.165, 1.54) is 17.0 Å². The zero-order valence-electron chi connectivity index (χ0n) is 10.9. The summed E-state index contributed by atoms with van der Waals surface area (Å²) in [6, 6.07) is 4.06. The Morgan fingerprint density at radius 2 is 2.05 bits per heavy atom. The normalized spacial score (nSPS) is 22.6. The summed E-state index contributed by atoms with van der Waals surface area (Å²) >= 11 is 0. The Hall–Kier alpha value is -1.91. The number of aryl methyl sites for hydroxylation is 1. The molecule has 0 unspecified atom stereocenters. The molecule has 1 amide bonds. The van der Waals surface area contributed by atoms with Gasteiger partial charge in [0.25, 0.3) is 5.91 Å². The molecule has 1 aliphatic heterocycles. The highest BCUT2D eigenvalue weighted by Crippen LogP contribution is 2.25. The summed E-state index contributed by atoms with van der Waals surface area (Å²) in [5.74, 6) is -2.28. The van der Waals surface area contributed by atoms with Crippen molar-refractivity contribution in [2.24, 2.45) is 11.8 Å². The van der Waals surface area contributed by atoms with Crippen molar-refractivity contribution < 1.29 is 19.1 Å². The lowest BCUT2D eigenvalue weighted by Crippen LogP contribution is -2.30. The van der Waals surface area contributed by atoms with Crippen LogP contribution in [0.15, 0.2) is 18.2 Å². The maximum Gasteiger partial charge on any atom is 0.308 e. The summed E-state index contributed by atoms with van der Waals surface area (Å²) in [5.41, 5.74) is 0.996. The molecule has 5 heteroatoms. The fourth-order valence-electron chi connectivity index (χ4n) is 2.45. The molecule has 0 bridgehead atoms. The number of hydrogen-bond acceptors (Lipinski definition) is 2. The summed E-state index contributed by atoms with van der Waals surface area (Å²) in [6.45, 7) is 4.13. The Bertz CT molecular complexity index is 529. The van der Waals surface area contributed by atoms with Gasteiger partial charge in [-0.05, 0) is 30.5 Å². The average Bonchev–Trinajstić information content (AvgIpc) is 2.74. The molecular weight excluding hydrogens is 249 g/mol. The van der Waals surface area contributed by atoms with Gasteiger partial charge in [-0.2, -0.15) is 0 Å². The first-order chi connectivity index (χ1) is 8.90. The van der Waals surface area contributed by atoms with E-state index in [2.05, 4.69) is 0 Å². The van der Waals surface area contributed by atoms with Gasteiger partial charge in [0.1, 0.15) is 5.82 Å². The number of rotatable bonds is 2. The third-order valence-electron chi connectivity index (χ3n) is 3.65. The number of aliphatic carboxylic acids is 1. The minimum absolute atomic E-state index is 0.0877. The molecule has 1 aromatic rings. The minimum atomic E-state index is -0.890. The molecule has 0 spiro atoms. The van der Waals surface area contributed by atoms with Gasteiger partial charge in [-0.25, -0.2) is 4.39 Å². The van der Waals surface area contributed by atoms with Crippen molar-refractivity contribution in [2.45, 2.75) is 13.8 Å². The predicted octanol–water partition coefficient (Wildman–Crippen LogP) is 1.93. The molecule has 4 nitrogen and oxygen atoms in total. The first kappa shape index (κ1) is 13.5. The van der Waals surface area contributed by atoms with E-state index in [0.717, 1.165) is 0 Å². The van der Waals surface area contributed by atoms with E-state index in [1.54, 1.807) is 13.0 Å². The molecule has 0 radical (unpaired) electrons. The molecule has 1 aliphatic rings. The van der Waals surface area contributed by atoms with Crippen LogP contribution in [0.1, 0.15) is 22.8 Å². The molecule has 1 aromatic carbocycles. The van der Waals surface area contributed by atoms with E-state index in [9.17, 15) is 14.0 Å². The summed E-state index contributed by atoms with van der Waals surface area (Å²) in [4.78, 5) is 24.8. The van der Waals surface area contributed by atoms with Crippen molar-refractivity contribution in [1.82, 2.24) is 4.90 Å². The maximum atomic E-state index is 13.2. The van der Waals surface area contributed by atoms with Crippen molar-refractivity contribution >= 4 is 11.9 Å². The summed E-state index contributed by atoms with van der Waals surface area (Å²) in [7, 11) is 0. The fraction of sp³-hybridized carbons (Fsp3) is 0.429. The molecule has 1 saturated heterocycles. The quantitative estimate of drug-likeness (QED) is 0.888. The first-order valence-corrected chi connectivity index (χ1v) is 6.18. The highest BCUT2D eigenvalue weighted by molar-refractivity contribution is 5.96. The highest BCUT2D eigenvalue weighted by Gasteiger charge is 2.37. The van der Waals surface area contributed by atoms with Crippen LogP contribution in [0, 0.1) is 24.6 Å². The molecule has 102 valence electrons. The van der Waals surface area contributed by atoms with Crippen molar-refractivity contribution in [3.63, 3.8) is 0 Å². The summed E-state index contributed by atoms with van der Waals surface area (Å²) in [5, 5.41) is 9.05. The minimum Gasteiger partial charge on any atom is -0.481 e. The predicted molar refractivity (Wildman–Crippen MR) is 67.3 cm³/mol. The fourth-order valence-corrected chi connectivity index (χ4v) is 2.45. The molecule has 1 fully saturated rings. The van der Waals surface area contributed by atoms with Crippen molar-refractivity contribution in [3.8, 4) is 0 Å². The molecule has 19 heavy (non-hydrogen) atoms. The number of nitrogens with zero attached hydrogens (tertiary/aromatic N) is 1. The largest absolute Gasteiger partial charge is 0.481 e. The zero-order chi connectivity index (χ0) is 14.2. The number of halogens is 1. The van der Waals surface area contributed by atoms with Crippen molar-refractivity contribution in [3.05, 3.63) is 35.1 Å². The van der Waals surface area contributed by atoms with Gasteiger partial charge in [0.15, 0.2) is 0 Å². The molecule has 2 atom stereocenters. The van der Waals surface area contributed by atoms with E-state index in [4.69, 9.17) is 5.11 Å². The number of carbonyl (C=O) groups excluding carboxylic acids is 1. The number of likely N-dealkylation sites (tertiary alicyclic amines) is 1. The standard InChI is InChI=1S/C14H16FNO3/c1-8-3-4-10(15)5-11(8)13(17)16-6-9(2)12(7-16)14(18)19/h3-5,9,12H,6-7H2,1-2H3,(H,18,19)/t9-,12-/m1/s1. The lowest BCUT2D eigenvalue weighted by molar-refractivity contribution is -0.142. The topological polar surface area (TPSA) is 57.6 Å². The number of amides is 1. The van der Waals surface area contributed by atoms with Gasteiger partial charge >= 0.3 is 5.97 Å². The summed E-state index contributed by atoms with van der Waals surface area (Å²) in [6.07, 6.45) is 0. The number of carboxylic acids is 1. The van der Waals surface area contributed by atoms with E-state index in [0.29, 0.717) is 17.7 Å². The SMILES string of the molecule is Cc1ccc(F)cc1C(=O)N1C[C@@H](C)[C@H](C(=O)O)C1. The number of hydrogen-bond donors (Lipinski definition) is 1. The van der Waals surface area contributed by atoms with Crippen LogP contribution in [0.5, 0.6) is 0 Å². The second kappa shape index (κ2) is 4.99. The summed E-state index contributed by atoms with van der Waals surface area (Å²) < 4.78 is 13.2. The lowest BCUT2D eigenvalue weighted by atomic mass is 9.99. The third-order valence-corrected chi connectivity index (χ3v) is 3.65. The Morgan fingerprint density at radius 1 is 1.37 bits per heavy atom. The van der Waals surface area contributed by atoms with Gasteiger partial charge in [0.2, 0.25) is 0 Å². The van der Waals surface area contributed by atoms with Crippen LogP contribution in [-0.2, 0) is 4.79 Å². The van der Waals surface area contributed by atoms with Crippen LogP contribution in [0.3, 0.4) is 0 Å². The first-order valence-electron chi connectivity index (χ1n) is 6.18. The second-order valence-corrected chi connectivity index (χ2v) is 5.09. The van der Waals surface area contributed by atoms with Crippen LogP contribution in [0.2, 0.25) is 0 Å². The third kappa shape index (κ3) is 2.59. The molecule has 2 rings (SSSR count). The monoisotopic (exact) mass is 265 g/mol. The molecule has 1 heterocycles. The Balaban J connectivity index is 2.22. The van der Waals surface area contributed by atoms with Crippen LogP contribution < -0.4 is 0 Å². The van der Waals surface area contributed by atoms with Crippen LogP contribution >= 0.6 is 0 Å². The Labute approximate surface area is 110 Å². The molecular formula is C14H16FNO3. The van der Waals surface area contributed by atoms with Gasteiger partial charge in [0, 0.05) is 18.7 Å². The van der Waals surface area contributed by atoms with Crippen LogP contribution in [-0.4, -0.2) is 35.0 Å². The Kier molecular flexibility index (Phi) is 3.55.